The monoisotopic (exact) mass is 432 g/mol. The average Bonchev–Trinajstić information content (AvgIpc) is 2.65. The van der Waals surface area contributed by atoms with Crippen molar-refractivity contribution in [1.29, 1.82) is 0 Å². The lowest BCUT2D eigenvalue weighted by atomic mass is 9.90. The van der Waals surface area contributed by atoms with Gasteiger partial charge in [-0.3, -0.25) is 9.59 Å². The van der Waals surface area contributed by atoms with Gasteiger partial charge in [0.25, 0.3) is 0 Å². The van der Waals surface area contributed by atoms with Crippen LogP contribution in [0.4, 0.5) is 18.9 Å². The van der Waals surface area contributed by atoms with Crippen LogP contribution in [0, 0.1) is 13.8 Å². The van der Waals surface area contributed by atoms with Crippen molar-refractivity contribution in [3.63, 3.8) is 0 Å². The van der Waals surface area contributed by atoms with E-state index >= 15 is 0 Å². The maximum absolute atomic E-state index is 12.5. The number of hydrogen-bond acceptors (Lipinski definition) is 3. The Morgan fingerprint density at radius 3 is 2.23 bits per heavy atom. The Bertz CT molecular complexity index is 1190. The Balaban J connectivity index is 2.03. The highest BCUT2D eigenvalue weighted by Crippen LogP contribution is 2.33. The smallest absolute Gasteiger partial charge is 0.384 e. The van der Waals surface area contributed by atoms with E-state index in [2.05, 4.69) is 4.98 Å². The Hall–Kier alpha value is -3.13. The number of aliphatic hydroxyl groups excluding tert-OH is 1. The molecule has 3 aromatic rings. The predicted molar refractivity (Wildman–Crippen MR) is 113 cm³/mol. The van der Waals surface area contributed by atoms with Gasteiger partial charge < -0.3 is 15.4 Å². The average molecular weight is 432 g/mol. The minimum Gasteiger partial charge on any atom is -0.384 e. The molecule has 31 heavy (non-hydrogen) atoms. The van der Waals surface area contributed by atoms with Crippen LogP contribution in [0.1, 0.15) is 53.7 Å². The molecule has 0 saturated heterocycles. The van der Waals surface area contributed by atoms with Crippen LogP contribution in [0.25, 0.3) is 10.9 Å². The van der Waals surface area contributed by atoms with E-state index in [4.69, 9.17) is 0 Å². The van der Waals surface area contributed by atoms with Crippen LogP contribution in [0.5, 0.6) is 0 Å². The summed E-state index contributed by atoms with van der Waals surface area (Å²) in [6, 6.07) is 9.57. The SMILES string of the molecule is Cc1cc(NC(=O)C(F)(F)F)cc(C)c1C(O)c1ccc2[nH]c(=O)cc(C(C)C)c2c1. The standard InChI is InChI=1S/C23H23F3N2O3/c1-11(2)16-10-19(29)28-18-6-5-14(9-17(16)18)21(30)20-12(3)7-15(8-13(20)4)27-22(31)23(24,25)26/h5-11,21,30H,1-4H3,(H,27,31)(H,28,29). The van der Waals surface area contributed by atoms with Crippen molar-refractivity contribution >= 4 is 22.5 Å². The Kier molecular flexibility index (Phi) is 5.96. The molecule has 8 heteroatoms. The molecule has 1 heterocycles. The number of amides is 1. The van der Waals surface area contributed by atoms with E-state index in [9.17, 15) is 27.9 Å². The number of fused-ring (bicyclic) bond motifs is 1. The molecular weight excluding hydrogens is 409 g/mol. The van der Waals surface area contributed by atoms with Crippen molar-refractivity contribution in [1.82, 2.24) is 4.98 Å². The van der Waals surface area contributed by atoms with Crippen LogP contribution in [-0.4, -0.2) is 22.2 Å². The zero-order chi connectivity index (χ0) is 23.1. The number of carbonyl (C=O) groups is 1. The number of aliphatic hydroxyl groups is 1. The third kappa shape index (κ3) is 4.64. The minimum atomic E-state index is -4.99. The molecule has 0 bridgehead atoms. The van der Waals surface area contributed by atoms with Crippen molar-refractivity contribution in [3.8, 4) is 0 Å². The normalized spacial score (nSPS) is 12.9. The number of H-pyrrole nitrogens is 1. The number of hydrogen-bond donors (Lipinski definition) is 3. The van der Waals surface area contributed by atoms with Crippen LogP contribution in [-0.2, 0) is 4.79 Å². The number of anilines is 1. The third-order valence-electron chi connectivity index (χ3n) is 5.22. The van der Waals surface area contributed by atoms with Crippen LogP contribution < -0.4 is 10.9 Å². The zero-order valence-electron chi connectivity index (χ0n) is 17.5. The molecule has 164 valence electrons. The molecule has 0 aliphatic rings. The Morgan fingerprint density at radius 2 is 1.68 bits per heavy atom. The molecular formula is C23H23F3N2O3. The number of benzene rings is 2. The lowest BCUT2D eigenvalue weighted by Gasteiger charge is -2.20. The van der Waals surface area contributed by atoms with E-state index < -0.39 is 18.2 Å². The summed E-state index contributed by atoms with van der Waals surface area (Å²) in [5, 5.41) is 13.7. The van der Waals surface area contributed by atoms with Crippen LogP contribution in [0.15, 0.2) is 41.2 Å². The quantitative estimate of drug-likeness (QED) is 0.551. The highest BCUT2D eigenvalue weighted by molar-refractivity contribution is 5.95. The number of aromatic amines is 1. The number of rotatable bonds is 4. The summed E-state index contributed by atoms with van der Waals surface area (Å²) < 4.78 is 37.6. The second kappa shape index (κ2) is 8.19. The fourth-order valence-electron chi connectivity index (χ4n) is 3.79. The molecule has 0 fully saturated rings. The van der Waals surface area contributed by atoms with E-state index in [0.717, 1.165) is 10.9 Å². The summed E-state index contributed by atoms with van der Waals surface area (Å²) in [6.07, 6.45) is -6.02. The molecule has 1 amide bonds. The van der Waals surface area contributed by atoms with Crippen molar-refractivity contribution in [2.24, 2.45) is 0 Å². The summed E-state index contributed by atoms with van der Waals surface area (Å²) in [5.74, 6) is -1.96. The molecule has 0 aliphatic heterocycles. The van der Waals surface area contributed by atoms with Crippen LogP contribution in [0.2, 0.25) is 0 Å². The molecule has 0 aliphatic carbocycles. The second-order valence-corrected chi connectivity index (χ2v) is 7.93. The largest absolute Gasteiger partial charge is 0.471 e. The van der Waals surface area contributed by atoms with Crippen molar-refractivity contribution in [3.05, 3.63) is 74.6 Å². The van der Waals surface area contributed by atoms with Crippen molar-refractivity contribution < 1.29 is 23.1 Å². The van der Waals surface area contributed by atoms with Crippen LogP contribution >= 0.6 is 0 Å². The molecule has 1 aromatic heterocycles. The summed E-state index contributed by atoms with van der Waals surface area (Å²) in [6.45, 7) is 7.26. The molecule has 1 atom stereocenters. The van der Waals surface area contributed by atoms with Gasteiger partial charge in [-0.05, 0) is 71.8 Å². The predicted octanol–water partition coefficient (Wildman–Crippen LogP) is 4.85. The minimum absolute atomic E-state index is 0.00598. The van der Waals surface area contributed by atoms with Gasteiger partial charge in [-0.2, -0.15) is 13.2 Å². The lowest BCUT2D eigenvalue weighted by molar-refractivity contribution is -0.167. The second-order valence-electron chi connectivity index (χ2n) is 7.93. The number of carbonyl (C=O) groups excluding carboxylic acids is 1. The van der Waals surface area contributed by atoms with Crippen LogP contribution in [0.3, 0.4) is 0 Å². The fourth-order valence-corrected chi connectivity index (χ4v) is 3.79. The van der Waals surface area contributed by atoms with Crippen molar-refractivity contribution in [2.75, 3.05) is 5.32 Å². The van der Waals surface area contributed by atoms with E-state index in [-0.39, 0.29) is 17.2 Å². The number of nitrogens with one attached hydrogen (secondary N) is 2. The van der Waals surface area contributed by atoms with Gasteiger partial charge in [-0.15, -0.1) is 0 Å². The number of alkyl halides is 3. The van der Waals surface area contributed by atoms with Gasteiger partial charge in [-0.1, -0.05) is 19.9 Å². The summed E-state index contributed by atoms with van der Waals surface area (Å²) >= 11 is 0. The van der Waals surface area contributed by atoms with E-state index in [1.165, 1.54) is 18.2 Å². The Labute approximate surface area is 176 Å². The molecule has 5 nitrogen and oxygen atoms in total. The number of pyridine rings is 1. The highest BCUT2D eigenvalue weighted by Gasteiger charge is 2.38. The molecule has 0 saturated carbocycles. The summed E-state index contributed by atoms with van der Waals surface area (Å²) in [4.78, 5) is 25.9. The molecule has 0 radical (unpaired) electrons. The van der Waals surface area contributed by atoms with Gasteiger partial charge in [-0.25, -0.2) is 0 Å². The van der Waals surface area contributed by atoms with Gasteiger partial charge in [0.1, 0.15) is 6.10 Å². The van der Waals surface area contributed by atoms with Gasteiger partial charge in [0.15, 0.2) is 0 Å². The topological polar surface area (TPSA) is 82.2 Å². The van der Waals surface area contributed by atoms with Gasteiger partial charge in [0, 0.05) is 22.7 Å². The maximum atomic E-state index is 12.5. The number of halogens is 3. The van der Waals surface area contributed by atoms with E-state index in [0.29, 0.717) is 27.8 Å². The highest BCUT2D eigenvalue weighted by atomic mass is 19.4. The van der Waals surface area contributed by atoms with Crippen molar-refractivity contribution in [2.45, 2.75) is 45.9 Å². The molecule has 0 spiro atoms. The molecule has 3 rings (SSSR count). The third-order valence-corrected chi connectivity index (χ3v) is 5.22. The van der Waals surface area contributed by atoms with Gasteiger partial charge >= 0.3 is 12.1 Å². The summed E-state index contributed by atoms with van der Waals surface area (Å²) in [7, 11) is 0. The van der Waals surface area contributed by atoms with E-state index in [1.54, 1.807) is 26.0 Å². The lowest BCUT2D eigenvalue weighted by Crippen LogP contribution is -2.30. The first-order valence-electron chi connectivity index (χ1n) is 9.72. The Morgan fingerprint density at radius 1 is 1.06 bits per heavy atom. The summed E-state index contributed by atoms with van der Waals surface area (Å²) in [5.41, 5.74) is 3.52. The van der Waals surface area contributed by atoms with Gasteiger partial charge in [0.05, 0.1) is 0 Å². The van der Waals surface area contributed by atoms with E-state index in [1.807, 2.05) is 25.2 Å². The first-order valence-corrected chi connectivity index (χ1v) is 9.72. The molecule has 1 unspecified atom stereocenters. The molecule has 2 aromatic carbocycles. The number of aryl methyl sites for hydroxylation is 2. The first-order chi connectivity index (χ1) is 14.4. The maximum Gasteiger partial charge on any atom is 0.471 e. The molecule has 3 N–H and O–H groups in total. The van der Waals surface area contributed by atoms with Gasteiger partial charge in [0.2, 0.25) is 5.56 Å². The zero-order valence-corrected chi connectivity index (χ0v) is 17.5. The number of aromatic nitrogens is 1. The first kappa shape index (κ1) is 22.6. The fraction of sp³-hybridized carbons (Fsp3) is 0.304.